The van der Waals surface area contributed by atoms with Gasteiger partial charge in [-0.25, -0.2) is 4.79 Å². The van der Waals surface area contributed by atoms with Gasteiger partial charge in [0.15, 0.2) is 6.61 Å². The van der Waals surface area contributed by atoms with Crippen LogP contribution in [0.25, 0.3) is 21.7 Å². The normalized spacial score (nSPS) is 14.4. The molecule has 0 unspecified atom stereocenters. The van der Waals surface area contributed by atoms with Crippen LogP contribution in [-0.4, -0.2) is 50.8 Å². The van der Waals surface area contributed by atoms with E-state index in [9.17, 15) is 9.59 Å². The lowest BCUT2D eigenvalue weighted by molar-refractivity contribution is -0.137. The molecule has 7 heteroatoms. The molecule has 7 nitrogen and oxygen atoms in total. The zero-order valence-electron chi connectivity index (χ0n) is 15.8. The van der Waals surface area contributed by atoms with Gasteiger partial charge in [0.1, 0.15) is 17.1 Å². The van der Waals surface area contributed by atoms with Crippen molar-refractivity contribution in [1.82, 2.24) is 4.90 Å². The Balaban J connectivity index is 1.66. The Morgan fingerprint density at radius 3 is 2.61 bits per heavy atom. The first-order chi connectivity index (χ1) is 13.6. The largest absolute Gasteiger partial charge is 0.497 e. The third-order valence-electron chi connectivity index (χ3n) is 5.00. The maximum Gasteiger partial charge on any atom is 0.344 e. The summed E-state index contributed by atoms with van der Waals surface area (Å²) in [5.41, 5.74) is 0.701. The predicted molar refractivity (Wildman–Crippen MR) is 104 cm³/mol. The van der Waals surface area contributed by atoms with Crippen LogP contribution in [0.3, 0.4) is 0 Å². The van der Waals surface area contributed by atoms with Gasteiger partial charge in [0, 0.05) is 29.4 Å². The van der Waals surface area contributed by atoms with Crippen LogP contribution in [0.1, 0.15) is 5.56 Å². The molecule has 0 atom stereocenters. The molecular weight excluding hydrogens is 362 g/mol. The lowest BCUT2D eigenvalue weighted by atomic mass is 10.0. The molecule has 146 valence electrons. The number of aryl methyl sites for hydroxylation is 1. The first-order valence-electron chi connectivity index (χ1n) is 9.11. The van der Waals surface area contributed by atoms with Crippen molar-refractivity contribution in [2.75, 3.05) is 40.0 Å². The molecule has 1 aliphatic rings. The molecule has 0 bridgehead atoms. The van der Waals surface area contributed by atoms with E-state index in [4.69, 9.17) is 18.6 Å². The Morgan fingerprint density at radius 1 is 1.11 bits per heavy atom. The van der Waals surface area contributed by atoms with Gasteiger partial charge in [-0.3, -0.25) is 4.79 Å². The first-order valence-corrected chi connectivity index (χ1v) is 9.11. The van der Waals surface area contributed by atoms with Crippen molar-refractivity contribution in [2.24, 2.45) is 0 Å². The molecular formula is C21H21NO6. The van der Waals surface area contributed by atoms with E-state index in [1.54, 1.807) is 24.1 Å². The zero-order valence-corrected chi connectivity index (χ0v) is 15.8. The van der Waals surface area contributed by atoms with Crippen molar-refractivity contribution in [2.45, 2.75) is 6.92 Å². The molecule has 1 amide bonds. The number of nitrogens with zero attached hydrogens (tertiary/aromatic N) is 1. The lowest BCUT2D eigenvalue weighted by Gasteiger charge is -2.26. The Morgan fingerprint density at radius 2 is 1.86 bits per heavy atom. The van der Waals surface area contributed by atoms with Crippen LogP contribution in [0, 0.1) is 6.92 Å². The number of fused-ring (bicyclic) bond motifs is 3. The molecule has 2 heterocycles. The molecule has 2 aromatic carbocycles. The van der Waals surface area contributed by atoms with E-state index in [1.807, 2.05) is 25.1 Å². The average Bonchev–Trinajstić information content (AvgIpc) is 2.74. The van der Waals surface area contributed by atoms with Crippen molar-refractivity contribution >= 4 is 27.6 Å². The van der Waals surface area contributed by atoms with Crippen molar-refractivity contribution in [3.05, 3.63) is 46.3 Å². The summed E-state index contributed by atoms with van der Waals surface area (Å²) >= 11 is 0. The number of ether oxygens (including phenoxy) is 3. The quantitative estimate of drug-likeness (QED) is 0.509. The van der Waals surface area contributed by atoms with Crippen LogP contribution < -0.4 is 15.1 Å². The van der Waals surface area contributed by atoms with Crippen LogP contribution in [0.5, 0.6) is 11.5 Å². The molecule has 1 aromatic heterocycles. The van der Waals surface area contributed by atoms with E-state index in [2.05, 4.69) is 0 Å². The fraction of sp³-hybridized carbons (Fsp3) is 0.333. The van der Waals surface area contributed by atoms with Gasteiger partial charge >= 0.3 is 5.63 Å². The van der Waals surface area contributed by atoms with Crippen molar-refractivity contribution in [3.8, 4) is 11.5 Å². The summed E-state index contributed by atoms with van der Waals surface area (Å²) in [7, 11) is 1.55. The van der Waals surface area contributed by atoms with Crippen molar-refractivity contribution in [3.63, 3.8) is 0 Å². The number of hydrogen-bond acceptors (Lipinski definition) is 6. The molecule has 28 heavy (non-hydrogen) atoms. The number of carbonyl (C=O) groups is 1. The Bertz CT molecular complexity index is 1100. The smallest absolute Gasteiger partial charge is 0.344 e. The van der Waals surface area contributed by atoms with Gasteiger partial charge in [0.2, 0.25) is 0 Å². The topological polar surface area (TPSA) is 78.2 Å². The van der Waals surface area contributed by atoms with E-state index in [0.29, 0.717) is 54.3 Å². The van der Waals surface area contributed by atoms with Crippen LogP contribution in [0.2, 0.25) is 0 Å². The lowest BCUT2D eigenvalue weighted by Crippen LogP contribution is -2.43. The fourth-order valence-electron chi connectivity index (χ4n) is 3.42. The second-order valence-electron chi connectivity index (χ2n) is 6.65. The van der Waals surface area contributed by atoms with E-state index >= 15 is 0 Å². The van der Waals surface area contributed by atoms with Crippen molar-refractivity contribution < 1.29 is 23.4 Å². The van der Waals surface area contributed by atoms with Crippen LogP contribution in [-0.2, 0) is 9.53 Å². The van der Waals surface area contributed by atoms with Gasteiger partial charge in [0.05, 0.1) is 25.7 Å². The third-order valence-corrected chi connectivity index (χ3v) is 5.00. The van der Waals surface area contributed by atoms with E-state index < -0.39 is 5.63 Å². The molecule has 4 rings (SSSR count). The molecule has 0 saturated carbocycles. The summed E-state index contributed by atoms with van der Waals surface area (Å²) in [6, 6.07) is 8.96. The number of morpholine rings is 1. The second-order valence-corrected chi connectivity index (χ2v) is 6.65. The number of methoxy groups -OCH3 is 1. The maximum atomic E-state index is 12.5. The minimum atomic E-state index is -0.439. The Hall–Kier alpha value is -3.06. The fourth-order valence-corrected chi connectivity index (χ4v) is 3.42. The number of hydrogen-bond donors (Lipinski definition) is 0. The highest BCUT2D eigenvalue weighted by atomic mass is 16.5. The predicted octanol–water partition coefficient (Wildman–Crippen LogP) is 2.50. The summed E-state index contributed by atoms with van der Waals surface area (Å²) in [5.74, 6) is 1.03. The SMILES string of the molecule is COc1ccc2c(c1)c(=O)oc1c(C)c(OCC(=O)N3CCOCC3)ccc12. The van der Waals surface area contributed by atoms with Crippen LogP contribution in [0.4, 0.5) is 0 Å². The molecule has 0 N–H and O–H groups in total. The number of rotatable bonds is 4. The number of carbonyl (C=O) groups excluding carboxylic acids is 1. The summed E-state index contributed by atoms with van der Waals surface area (Å²) < 4.78 is 21.7. The molecule has 0 spiro atoms. The summed E-state index contributed by atoms with van der Waals surface area (Å²) in [6.07, 6.45) is 0. The standard InChI is InChI=1S/C21H21NO6/c1-13-18(27-12-19(23)22-7-9-26-10-8-22)6-5-16-15-4-3-14(25-2)11-17(15)21(24)28-20(13)16/h3-6,11H,7-10,12H2,1-2H3. The summed E-state index contributed by atoms with van der Waals surface area (Å²) in [4.78, 5) is 26.5. The minimum absolute atomic E-state index is 0.0681. The maximum absolute atomic E-state index is 12.5. The molecule has 1 fully saturated rings. The Labute approximate surface area is 161 Å². The van der Waals surface area contributed by atoms with Gasteiger partial charge in [-0.15, -0.1) is 0 Å². The molecule has 0 aliphatic carbocycles. The number of benzene rings is 2. The van der Waals surface area contributed by atoms with Crippen LogP contribution in [0.15, 0.2) is 39.5 Å². The average molecular weight is 383 g/mol. The summed E-state index contributed by atoms with van der Waals surface area (Å²) in [5, 5.41) is 2.05. The second kappa shape index (κ2) is 7.52. The zero-order chi connectivity index (χ0) is 19.7. The highest BCUT2D eigenvalue weighted by Crippen LogP contribution is 2.32. The van der Waals surface area contributed by atoms with Gasteiger partial charge in [0.25, 0.3) is 5.91 Å². The van der Waals surface area contributed by atoms with Gasteiger partial charge in [-0.1, -0.05) is 0 Å². The molecule has 0 radical (unpaired) electrons. The number of amides is 1. The monoisotopic (exact) mass is 383 g/mol. The van der Waals surface area contributed by atoms with E-state index in [0.717, 1.165) is 10.8 Å². The van der Waals surface area contributed by atoms with Gasteiger partial charge < -0.3 is 23.5 Å². The van der Waals surface area contributed by atoms with Gasteiger partial charge in [-0.2, -0.15) is 0 Å². The van der Waals surface area contributed by atoms with Crippen molar-refractivity contribution in [1.29, 1.82) is 0 Å². The summed E-state index contributed by atoms with van der Waals surface area (Å²) in [6.45, 7) is 3.98. The molecule has 1 saturated heterocycles. The van der Waals surface area contributed by atoms with E-state index in [-0.39, 0.29) is 12.5 Å². The van der Waals surface area contributed by atoms with Crippen LogP contribution >= 0.6 is 0 Å². The molecule has 1 aliphatic heterocycles. The third kappa shape index (κ3) is 3.29. The molecule has 3 aromatic rings. The first kappa shape index (κ1) is 18.3. The highest BCUT2D eigenvalue weighted by Gasteiger charge is 2.18. The van der Waals surface area contributed by atoms with Gasteiger partial charge in [-0.05, 0) is 37.3 Å². The minimum Gasteiger partial charge on any atom is -0.497 e. The highest BCUT2D eigenvalue weighted by molar-refractivity contribution is 6.06. The van der Waals surface area contributed by atoms with E-state index in [1.165, 1.54) is 0 Å². The Kier molecular flexibility index (Phi) is 4.92.